The number of rotatable bonds is 5. The molecule has 0 aliphatic carbocycles. The molecule has 4 nitrogen and oxygen atoms in total. The summed E-state index contributed by atoms with van der Waals surface area (Å²) in [6.45, 7) is 4.37. The lowest BCUT2D eigenvalue weighted by molar-refractivity contribution is -0.115. The summed E-state index contributed by atoms with van der Waals surface area (Å²) < 4.78 is 7.65. The highest BCUT2D eigenvalue weighted by Crippen LogP contribution is 2.37. The summed E-state index contributed by atoms with van der Waals surface area (Å²) in [6.07, 6.45) is 1.78. The van der Waals surface area contributed by atoms with Crippen molar-refractivity contribution >= 4 is 89.7 Å². The molecule has 1 N–H and O–H groups in total. The Labute approximate surface area is 229 Å². The summed E-state index contributed by atoms with van der Waals surface area (Å²) in [5.41, 5.74) is 4.70. The predicted octanol–water partition coefficient (Wildman–Crippen LogP) is 8.61. The second-order valence-electron chi connectivity index (χ2n) is 7.60. The van der Waals surface area contributed by atoms with E-state index in [1.165, 1.54) is 11.8 Å². The Hall–Kier alpha value is -1.77. The fourth-order valence-corrected chi connectivity index (χ4v) is 5.46. The predicted molar refractivity (Wildman–Crippen MR) is 149 cm³/mol. The molecule has 3 aromatic carbocycles. The third-order valence-electron chi connectivity index (χ3n) is 4.92. The van der Waals surface area contributed by atoms with Crippen LogP contribution < -0.4 is 10.1 Å². The SMILES string of the molecule is Cc1cc(N=C2NC(=O)/C(=C/c3cc(Cl)c(OCc4ccc(Cl)cc4)c(Br)c3)S2)cc(C)c1Br. The summed E-state index contributed by atoms with van der Waals surface area (Å²) in [5, 5.41) is 4.47. The van der Waals surface area contributed by atoms with Crippen LogP contribution in [0.3, 0.4) is 0 Å². The first kappa shape index (κ1) is 25.3. The van der Waals surface area contributed by atoms with Crippen LogP contribution in [0.4, 0.5) is 5.69 Å². The Morgan fingerprint density at radius 2 is 1.74 bits per heavy atom. The minimum atomic E-state index is -0.204. The van der Waals surface area contributed by atoms with Gasteiger partial charge in [0.2, 0.25) is 0 Å². The normalized spacial score (nSPS) is 15.8. The van der Waals surface area contributed by atoms with Crippen LogP contribution in [-0.2, 0) is 11.4 Å². The third kappa shape index (κ3) is 6.07. The van der Waals surface area contributed by atoms with Gasteiger partial charge in [0.15, 0.2) is 10.9 Å². The van der Waals surface area contributed by atoms with Crippen LogP contribution in [0.25, 0.3) is 6.08 Å². The smallest absolute Gasteiger partial charge is 0.264 e. The van der Waals surface area contributed by atoms with Crippen LogP contribution in [0.2, 0.25) is 10.0 Å². The van der Waals surface area contributed by atoms with Crippen molar-refractivity contribution in [3.8, 4) is 5.75 Å². The summed E-state index contributed by atoms with van der Waals surface area (Å²) >= 11 is 20.8. The Bertz CT molecular complexity index is 1300. The van der Waals surface area contributed by atoms with Crippen molar-refractivity contribution in [2.75, 3.05) is 0 Å². The highest BCUT2D eigenvalue weighted by molar-refractivity contribution is 9.10. The molecule has 0 bridgehead atoms. The zero-order chi connectivity index (χ0) is 24.4. The van der Waals surface area contributed by atoms with Crippen LogP contribution in [0, 0.1) is 13.8 Å². The molecule has 1 heterocycles. The van der Waals surface area contributed by atoms with E-state index in [0.29, 0.717) is 36.9 Å². The zero-order valence-electron chi connectivity index (χ0n) is 18.1. The average Bonchev–Trinajstić information content (AvgIpc) is 3.11. The molecule has 0 radical (unpaired) electrons. The quantitative estimate of drug-likeness (QED) is 0.284. The first-order valence-corrected chi connectivity index (χ1v) is 13.3. The molecule has 0 aromatic heterocycles. The van der Waals surface area contributed by atoms with Crippen molar-refractivity contribution in [2.24, 2.45) is 4.99 Å². The second-order valence-corrected chi connectivity index (χ2v) is 11.1. The van der Waals surface area contributed by atoms with Gasteiger partial charge in [-0.15, -0.1) is 0 Å². The third-order valence-corrected chi connectivity index (χ3v) is 8.20. The molecule has 3 aromatic rings. The fourth-order valence-electron chi connectivity index (χ4n) is 3.27. The minimum Gasteiger partial charge on any atom is -0.486 e. The molecule has 4 rings (SSSR count). The van der Waals surface area contributed by atoms with Gasteiger partial charge in [-0.1, -0.05) is 51.3 Å². The van der Waals surface area contributed by atoms with E-state index in [9.17, 15) is 4.79 Å². The molecule has 1 fully saturated rings. The van der Waals surface area contributed by atoms with Gasteiger partial charge in [0.05, 0.1) is 20.1 Å². The molecule has 0 atom stereocenters. The van der Waals surface area contributed by atoms with Crippen LogP contribution in [0.15, 0.2) is 67.4 Å². The van der Waals surface area contributed by atoms with E-state index in [1.807, 2.05) is 56.3 Å². The van der Waals surface area contributed by atoms with E-state index in [2.05, 4.69) is 42.2 Å². The Morgan fingerprint density at radius 3 is 2.38 bits per heavy atom. The van der Waals surface area contributed by atoms with Gasteiger partial charge in [0.25, 0.3) is 5.91 Å². The molecule has 0 spiro atoms. The van der Waals surface area contributed by atoms with E-state index >= 15 is 0 Å². The molecular formula is C25H18Br2Cl2N2O2S. The molecule has 1 aliphatic heterocycles. The highest BCUT2D eigenvalue weighted by atomic mass is 79.9. The molecule has 0 saturated carbocycles. The summed E-state index contributed by atoms with van der Waals surface area (Å²) in [7, 11) is 0. The van der Waals surface area contributed by atoms with Gasteiger partial charge in [-0.25, -0.2) is 4.99 Å². The highest BCUT2D eigenvalue weighted by Gasteiger charge is 2.24. The number of hydrogen-bond donors (Lipinski definition) is 1. The fraction of sp³-hybridized carbons (Fsp3) is 0.120. The van der Waals surface area contributed by atoms with Crippen LogP contribution in [-0.4, -0.2) is 11.1 Å². The topological polar surface area (TPSA) is 50.7 Å². The average molecular weight is 641 g/mol. The largest absolute Gasteiger partial charge is 0.486 e. The minimum absolute atomic E-state index is 0.204. The molecule has 1 amide bonds. The standard InChI is InChI=1S/C25H18Br2Cl2N2O2S/c1-13-7-18(8-14(2)22(13)27)30-25-31-24(32)21(34-25)11-16-9-19(26)23(20(29)10-16)33-12-15-3-5-17(28)6-4-15/h3-11H,12H2,1-2H3,(H,30,31,32)/b21-11-. The van der Waals surface area contributed by atoms with E-state index in [1.54, 1.807) is 12.1 Å². The van der Waals surface area contributed by atoms with Crippen molar-refractivity contribution in [1.82, 2.24) is 5.32 Å². The lowest BCUT2D eigenvalue weighted by Gasteiger charge is -2.11. The molecular weight excluding hydrogens is 623 g/mol. The maximum absolute atomic E-state index is 12.5. The number of carbonyl (C=O) groups is 1. The van der Waals surface area contributed by atoms with Gasteiger partial charge < -0.3 is 10.1 Å². The van der Waals surface area contributed by atoms with Crippen molar-refractivity contribution in [3.05, 3.63) is 94.7 Å². The van der Waals surface area contributed by atoms with Gasteiger partial charge in [0, 0.05) is 9.50 Å². The molecule has 9 heteroatoms. The number of hydrogen-bond acceptors (Lipinski definition) is 4. The summed E-state index contributed by atoms with van der Waals surface area (Å²) in [4.78, 5) is 17.6. The Morgan fingerprint density at radius 1 is 1.06 bits per heavy atom. The van der Waals surface area contributed by atoms with Gasteiger partial charge in [0.1, 0.15) is 6.61 Å². The number of carbonyl (C=O) groups excluding carboxylic acids is 1. The molecule has 1 aliphatic rings. The van der Waals surface area contributed by atoms with E-state index in [-0.39, 0.29) is 5.91 Å². The number of amides is 1. The van der Waals surface area contributed by atoms with E-state index < -0.39 is 0 Å². The lowest BCUT2D eigenvalue weighted by Crippen LogP contribution is -2.19. The summed E-state index contributed by atoms with van der Waals surface area (Å²) in [5.74, 6) is 0.329. The van der Waals surface area contributed by atoms with Gasteiger partial charge >= 0.3 is 0 Å². The second kappa shape index (κ2) is 10.9. The van der Waals surface area contributed by atoms with E-state index in [0.717, 1.165) is 32.4 Å². The Balaban J connectivity index is 1.51. The first-order chi connectivity index (χ1) is 16.2. The number of ether oxygens (including phenoxy) is 1. The van der Waals surface area contributed by atoms with Crippen LogP contribution >= 0.6 is 66.8 Å². The number of benzene rings is 3. The van der Waals surface area contributed by atoms with Gasteiger partial charge in [-0.3, -0.25) is 4.79 Å². The number of nitrogens with zero attached hydrogens (tertiary/aromatic N) is 1. The number of thioether (sulfide) groups is 1. The number of aryl methyl sites for hydroxylation is 2. The number of nitrogens with one attached hydrogen (secondary N) is 1. The molecule has 174 valence electrons. The zero-order valence-corrected chi connectivity index (χ0v) is 23.6. The number of aliphatic imine (C=N–C) groups is 1. The van der Waals surface area contributed by atoms with Crippen LogP contribution in [0.5, 0.6) is 5.75 Å². The Kier molecular flexibility index (Phi) is 8.10. The molecule has 34 heavy (non-hydrogen) atoms. The van der Waals surface area contributed by atoms with Crippen molar-refractivity contribution < 1.29 is 9.53 Å². The van der Waals surface area contributed by atoms with Gasteiger partial charge in [-0.05, 0) is 106 Å². The molecule has 1 saturated heterocycles. The number of amidine groups is 1. The molecule has 0 unspecified atom stereocenters. The summed E-state index contributed by atoms with van der Waals surface area (Å²) in [6, 6.07) is 15.0. The maximum atomic E-state index is 12.5. The lowest BCUT2D eigenvalue weighted by atomic mass is 10.1. The number of halogens is 4. The van der Waals surface area contributed by atoms with Crippen molar-refractivity contribution in [3.63, 3.8) is 0 Å². The van der Waals surface area contributed by atoms with Crippen molar-refractivity contribution in [2.45, 2.75) is 20.5 Å². The van der Waals surface area contributed by atoms with Crippen molar-refractivity contribution in [1.29, 1.82) is 0 Å². The van der Waals surface area contributed by atoms with E-state index in [4.69, 9.17) is 27.9 Å². The maximum Gasteiger partial charge on any atom is 0.264 e. The van der Waals surface area contributed by atoms with Gasteiger partial charge in [-0.2, -0.15) is 0 Å². The monoisotopic (exact) mass is 638 g/mol. The first-order valence-electron chi connectivity index (χ1n) is 10.1. The van der Waals surface area contributed by atoms with Crippen LogP contribution in [0.1, 0.15) is 22.3 Å².